The first-order chi connectivity index (χ1) is 28.6. The number of rotatable bonds is 11. The van der Waals surface area contributed by atoms with E-state index in [1.165, 1.54) is 29.2 Å². The average molecular weight is 807 g/mol. The molecule has 6 aromatic heterocycles. The molecule has 0 saturated carbocycles. The van der Waals surface area contributed by atoms with Crippen LogP contribution in [-0.4, -0.2) is 68.7 Å². The first-order valence-corrected chi connectivity index (χ1v) is 18.8. The molecule has 294 valence electrons. The lowest BCUT2D eigenvalue weighted by molar-refractivity contribution is 0.628. The molecule has 0 fully saturated rings. The van der Waals surface area contributed by atoms with E-state index in [1.54, 1.807) is 23.8 Å². The SMILES string of the molecule is C=NC(=N[C@@H](C)c1cc2ncc(C)n2nc1-c1ccccc1)c1[nH]c(-c2cc(F)cc(-c3nn4c(Cl)cnc4cc3[C@H](CC)Nc3ncnc(N)c3C#N)c2)nc1NC. The average Bonchev–Trinajstić information content (AvgIpc) is 3.97. The van der Waals surface area contributed by atoms with Gasteiger partial charge in [-0.25, -0.2) is 43.3 Å². The first-order valence-electron chi connectivity index (χ1n) is 18.5. The summed E-state index contributed by atoms with van der Waals surface area (Å²) in [4.78, 5) is 34.6. The Balaban J connectivity index is 1.21. The minimum atomic E-state index is -0.544. The van der Waals surface area contributed by atoms with Crippen molar-refractivity contribution in [3.05, 3.63) is 118 Å². The Kier molecular flexibility index (Phi) is 10.2. The fraction of sp³-hybridized carbons (Fsp3) is 0.171. The molecule has 2 atom stereocenters. The number of fused-ring (bicyclic) bond motifs is 2. The van der Waals surface area contributed by atoms with Gasteiger partial charge in [-0.1, -0.05) is 48.9 Å². The van der Waals surface area contributed by atoms with E-state index in [0.717, 1.165) is 22.5 Å². The number of H-pyrrole nitrogens is 1. The zero-order chi connectivity index (χ0) is 41.4. The van der Waals surface area contributed by atoms with Gasteiger partial charge in [0.1, 0.15) is 46.9 Å². The minimum absolute atomic E-state index is 0.0383. The van der Waals surface area contributed by atoms with Gasteiger partial charge >= 0.3 is 0 Å². The molecule has 6 heterocycles. The fourth-order valence-corrected chi connectivity index (χ4v) is 7.08. The normalized spacial score (nSPS) is 12.7. The maximum Gasteiger partial charge on any atom is 0.175 e. The lowest BCUT2D eigenvalue weighted by Crippen LogP contribution is -2.16. The molecular weight excluding hydrogens is 771 g/mol. The number of aryl methyl sites for hydroxylation is 1. The summed E-state index contributed by atoms with van der Waals surface area (Å²) >= 11 is 6.49. The molecule has 0 bridgehead atoms. The summed E-state index contributed by atoms with van der Waals surface area (Å²) in [5, 5.41) is 26.3. The second-order valence-corrected chi connectivity index (χ2v) is 13.9. The van der Waals surface area contributed by atoms with Gasteiger partial charge in [-0.15, -0.1) is 0 Å². The summed E-state index contributed by atoms with van der Waals surface area (Å²) in [6, 6.07) is 19.3. The van der Waals surface area contributed by atoms with E-state index in [4.69, 9.17) is 37.5 Å². The van der Waals surface area contributed by atoms with Crippen LogP contribution in [-0.2, 0) is 0 Å². The molecule has 0 radical (unpaired) electrons. The maximum absolute atomic E-state index is 15.8. The van der Waals surface area contributed by atoms with Crippen LogP contribution in [0.1, 0.15) is 60.4 Å². The Morgan fingerprint density at radius 3 is 2.42 bits per heavy atom. The Bertz CT molecular complexity index is 2960. The van der Waals surface area contributed by atoms with Gasteiger partial charge in [-0.3, -0.25) is 4.99 Å². The second-order valence-electron chi connectivity index (χ2n) is 13.6. The van der Waals surface area contributed by atoms with Gasteiger partial charge in [0.25, 0.3) is 0 Å². The number of halogens is 2. The van der Waals surface area contributed by atoms with Crippen LogP contribution in [0.5, 0.6) is 0 Å². The number of nitrogens with one attached hydrogen (secondary N) is 3. The zero-order valence-electron chi connectivity index (χ0n) is 32.3. The van der Waals surface area contributed by atoms with Crippen molar-refractivity contribution in [2.24, 2.45) is 9.98 Å². The van der Waals surface area contributed by atoms with Crippen molar-refractivity contribution in [1.29, 1.82) is 5.26 Å². The summed E-state index contributed by atoms with van der Waals surface area (Å²) < 4.78 is 19.1. The number of benzene rings is 2. The van der Waals surface area contributed by atoms with Crippen LogP contribution >= 0.6 is 11.6 Å². The van der Waals surface area contributed by atoms with Crippen LogP contribution in [0, 0.1) is 24.1 Å². The van der Waals surface area contributed by atoms with E-state index in [9.17, 15) is 5.26 Å². The molecule has 18 heteroatoms. The number of nitrogens with zero attached hydrogens (tertiary/aromatic N) is 12. The number of amidine groups is 1. The van der Waals surface area contributed by atoms with Crippen LogP contribution in [0.4, 0.5) is 21.8 Å². The van der Waals surface area contributed by atoms with Crippen molar-refractivity contribution in [2.45, 2.75) is 39.3 Å². The molecule has 0 spiro atoms. The van der Waals surface area contributed by atoms with Crippen LogP contribution in [0.25, 0.3) is 45.2 Å². The summed E-state index contributed by atoms with van der Waals surface area (Å²) in [6.45, 7) is 9.69. The lowest BCUT2D eigenvalue weighted by atomic mass is 9.97. The fourth-order valence-electron chi connectivity index (χ4n) is 6.91. The number of nitriles is 1. The van der Waals surface area contributed by atoms with E-state index in [2.05, 4.69) is 53.3 Å². The molecule has 0 amide bonds. The van der Waals surface area contributed by atoms with E-state index in [1.807, 2.05) is 63.2 Å². The molecule has 5 N–H and O–H groups in total. The number of imidazole rings is 3. The molecule has 0 saturated heterocycles. The number of aromatic amines is 1. The smallest absolute Gasteiger partial charge is 0.175 e. The van der Waals surface area contributed by atoms with Gasteiger partial charge in [0.2, 0.25) is 0 Å². The van der Waals surface area contributed by atoms with Crippen LogP contribution in [0.2, 0.25) is 5.15 Å². The van der Waals surface area contributed by atoms with Gasteiger partial charge in [0, 0.05) is 34.9 Å². The maximum atomic E-state index is 15.8. The number of hydrogen-bond donors (Lipinski definition) is 4. The summed E-state index contributed by atoms with van der Waals surface area (Å²) in [6.07, 6.45) is 5.04. The van der Waals surface area contributed by atoms with Crippen molar-refractivity contribution in [3.63, 3.8) is 0 Å². The van der Waals surface area contributed by atoms with E-state index in [-0.39, 0.29) is 28.2 Å². The molecular formula is C41H36ClFN16. The highest BCUT2D eigenvalue weighted by Gasteiger charge is 2.24. The minimum Gasteiger partial charge on any atom is -0.382 e. The molecule has 0 aliphatic heterocycles. The standard InChI is InChI=1S/C41H36ClFN16/c1-6-30(53-39-29(17-44)37(45)50-20-51-39)28-16-33-49-19-31(42)59(33)57-35(28)24-12-25(14-26(43)13-24)38-54-36(41(47-5)55-38)40(46-4)52-22(3)27-15-32-48-18-21(2)58(32)56-34(27)23-10-8-7-9-11-23/h7-16,18-20,22,30,47H,4,6H2,1-3,5H3,(H,54,55)(H3,45,50,51,53)/t22-,30-/m0/s1. The zero-order valence-corrected chi connectivity index (χ0v) is 33.0. The molecule has 16 nitrogen and oxygen atoms in total. The Morgan fingerprint density at radius 1 is 0.966 bits per heavy atom. The molecule has 8 rings (SSSR count). The lowest BCUT2D eigenvalue weighted by Gasteiger charge is -2.22. The van der Waals surface area contributed by atoms with Crippen LogP contribution < -0.4 is 16.4 Å². The Labute approximate surface area is 341 Å². The van der Waals surface area contributed by atoms with Gasteiger partial charge < -0.3 is 21.4 Å². The van der Waals surface area contributed by atoms with Crippen molar-refractivity contribution in [3.8, 4) is 40.0 Å². The summed E-state index contributed by atoms with van der Waals surface area (Å²) in [5.41, 5.74) is 13.0. The van der Waals surface area contributed by atoms with E-state index >= 15 is 4.39 Å². The summed E-state index contributed by atoms with van der Waals surface area (Å²) in [5.74, 6) is 0.767. The highest BCUT2D eigenvalue weighted by Crippen LogP contribution is 2.36. The molecule has 59 heavy (non-hydrogen) atoms. The largest absolute Gasteiger partial charge is 0.382 e. The van der Waals surface area contributed by atoms with Crippen molar-refractivity contribution in [2.75, 3.05) is 23.4 Å². The third kappa shape index (κ3) is 7.17. The molecule has 0 unspecified atom stereocenters. The quantitative estimate of drug-likeness (QED) is 0.0736. The van der Waals surface area contributed by atoms with Crippen molar-refractivity contribution >= 4 is 52.9 Å². The van der Waals surface area contributed by atoms with Crippen LogP contribution in [0.15, 0.2) is 89.4 Å². The number of aromatic nitrogens is 10. The van der Waals surface area contributed by atoms with Gasteiger partial charge in [0.05, 0.1) is 41.6 Å². The number of nitrogen functional groups attached to an aromatic ring is 1. The molecule has 2 aromatic carbocycles. The van der Waals surface area contributed by atoms with Crippen molar-refractivity contribution in [1.82, 2.24) is 49.1 Å². The number of anilines is 3. The molecule has 0 aliphatic carbocycles. The van der Waals surface area contributed by atoms with E-state index in [0.29, 0.717) is 57.4 Å². The van der Waals surface area contributed by atoms with Gasteiger partial charge in [-0.05, 0) is 57.3 Å². The monoisotopic (exact) mass is 806 g/mol. The molecule has 0 aliphatic rings. The van der Waals surface area contributed by atoms with E-state index < -0.39 is 17.9 Å². The molecule has 8 aromatic rings. The van der Waals surface area contributed by atoms with Crippen LogP contribution in [0.3, 0.4) is 0 Å². The Morgan fingerprint density at radius 2 is 1.68 bits per heavy atom. The highest BCUT2D eigenvalue weighted by molar-refractivity contribution is 6.29. The first kappa shape index (κ1) is 38.3. The highest BCUT2D eigenvalue weighted by atomic mass is 35.5. The number of nitrogens with two attached hydrogens (primary N) is 1. The number of aliphatic imine (C=N–C) groups is 2. The van der Waals surface area contributed by atoms with Crippen molar-refractivity contribution < 1.29 is 4.39 Å². The third-order valence-corrected chi connectivity index (χ3v) is 10.1. The van der Waals surface area contributed by atoms with Gasteiger partial charge in [-0.2, -0.15) is 15.5 Å². The predicted octanol–water partition coefficient (Wildman–Crippen LogP) is 7.65. The predicted molar refractivity (Wildman–Crippen MR) is 226 cm³/mol. The second kappa shape index (κ2) is 15.8. The summed E-state index contributed by atoms with van der Waals surface area (Å²) in [7, 11) is 1.72. The number of hydrogen-bond acceptors (Lipinski definition) is 12. The Hall–Kier alpha value is -7.58. The third-order valence-electron chi connectivity index (χ3n) is 9.83. The topological polar surface area (TPSA) is 213 Å². The van der Waals surface area contributed by atoms with Gasteiger partial charge in [0.15, 0.2) is 28.1 Å².